The fourth-order valence-electron chi connectivity index (χ4n) is 7.42. The number of imidazole rings is 2. The Bertz CT molecular complexity index is 2800. The molecule has 20 nitrogen and oxygen atoms in total. The number of aryl methyl sites for hydroxylation is 5. The molecule has 316 valence electrons. The highest BCUT2D eigenvalue weighted by atomic mass is 32.2. The van der Waals surface area contributed by atoms with Crippen molar-refractivity contribution in [3.63, 3.8) is 0 Å². The lowest BCUT2D eigenvalue weighted by atomic mass is 10.1. The maximum absolute atomic E-state index is 13.8. The minimum atomic E-state index is -3.26. The Morgan fingerprint density at radius 1 is 0.817 bits per heavy atom. The third-order valence-corrected chi connectivity index (χ3v) is 11.1. The third-order valence-electron chi connectivity index (χ3n) is 10.1. The smallest absolute Gasteiger partial charge is 0.276 e. The molecule has 0 saturated carbocycles. The zero-order chi connectivity index (χ0) is 43.0. The van der Waals surface area contributed by atoms with Gasteiger partial charge in [0.2, 0.25) is 23.7 Å². The number of fused-ring (bicyclic) bond motifs is 1. The van der Waals surface area contributed by atoms with Crippen LogP contribution in [-0.4, -0.2) is 95.9 Å². The average molecular weight is 843 g/mol. The van der Waals surface area contributed by atoms with Crippen LogP contribution in [0.2, 0.25) is 0 Å². The number of primary amides is 2. The van der Waals surface area contributed by atoms with Gasteiger partial charge in [-0.2, -0.15) is 10.2 Å². The summed E-state index contributed by atoms with van der Waals surface area (Å²) in [6.07, 6.45) is 2.22. The number of sulfone groups is 1. The molecule has 1 aliphatic rings. The molecule has 6 N–H and O–H groups in total. The molecule has 1 atom stereocenters. The highest BCUT2D eigenvalue weighted by molar-refractivity contribution is 7.90. The van der Waals surface area contributed by atoms with Crippen LogP contribution in [0.5, 0.6) is 11.5 Å². The zero-order valence-corrected chi connectivity index (χ0v) is 34.6. The van der Waals surface area contributed by atoms with Crippen molar-refractivity contribution in [1.82, 2.24) is 38.7 Å². The normalized spacial score (nSPS) is 13.7. The SMILES string of the molecule is CCn1nc(C)cc1C(=O)Nc1nc2cc(C(N)=O)cc(OCCCS(C)(=O)=O)c2n1CCC[C@H]1COc2cc(C(N)=O)cc3nc(NC(=O)c4cc(C)nn4CC)n1c23. The van der Waals surface area contributed by atoms with Crippen LogP contribution in [0.4, 0.5) is 11.9 Å². The summed E-state index contributed by atoms with van der Waals surface area (Å²) in [7, 11) is -3.26. The molecule has 0 aliphatic carbocycles. The topological polar surface area (TPSA) is 268 Å². The number of nitrogens with one attached hydrogen (secondary N) is 2. The van der Waals surface area contributed by atoms with Gasteiger partial charge in [0.15, 0.2) is 0 Å². The van der Waals surface area contributed by atoms with Gasteiger partial charge in [-0.15, -0.1) is 0 Å². The predicted octanol–water partition coefficient (Wildman–Crippen LogP) is 3.37. The molecule has 0 radical (unpaired) electrons. The van der Waals surface area contributed by atoms with Crippen molar-refractivity contribution in [2.45, 2.75) is 72.6 Å². The fraction of sp³-hybridized carbons (Fsp3) is 0.385. The van der Waals surface area contributed by atoms with Gasteiger partial charge in [0.05, 0.1) is 40.8 Å². The van der Waals surface area contributed by atoms with Crippen LogP contribution in [0.3, 0.4) is 0 Å². The first kappa shape index (κ1) is 41.4. The predicted molar refractivity (Wildman–Crippen MR) is 221 cm³/mol. The van der Waals surface area contributed by atoms with Crippen LogP contribution < -0.4 is 31.6 Å². The molecule has 4 amide bonds. The van der Waals surface area contributed by atoms with Crippen molar-refractivity contribution in [1.29, 1.82) is 0 Å². The van der Waals surface area contributed by atoms with Crippen LogP contribution in [0.1, 0.15) is 92.2 Å². The van der Waals surface area contributed by atoms with Gasteiger partial charge in [0.1, 0.15) is 50.4 Å². The molecule has 0 spiro atoms. The van der Waals surface area contributed by atoms with Gasteiger partial charge in [-0.3, -0.25) is 39.2 Å². The summed E-state index contributed by atoms with van der Waals surface area (Å²) in [5.74, 6) is -1.39. The van der Waals surface area contributed by atoms with Crippen LogP contribution >= 0.6 is 0 Å². The Balaban J connectivity index is 1.25. The fourth-order valence-corrected chi connectivity index (χ4v) is 8.06. The lowest BCUT2D eigenvalue weighted by Gasteiger charge is -2.27. The van der Waals surface area contributed by atoms with Gasteiger partial charge >= 0.3 is 0 Å². The second-order valence-corrected chi connectivity index (χ2v) is 16.9. The highest BCUT2D eigenvalue weighted by Crippen LogP contribution is 2.39. The lowest BCUT2D eigenvalue weighted by molar-refractivity contribution is 0.0991. The van der Waals surface area contributed by atoms with Crippen molar-refractivity contribution in [3.8, 4) is 11.5 Å². The van der Waals surface area contributed by atoms with Crippen molar-refractivity contribution in [2.75, 3.05) is 35.9 Å². The van der Waals surface area contributed by atoms with E-state index in [-0.39, 0.29) is 66.7 Å². The average Bonchev–Trinajstić information content (AvgIpc) is 3.96. The standard InChI is InChI=1S/C39H46N12O8S/c1-6-49-28(14-21(3)46-49)36(54)44-38-42-26-16-23(34(40)52)18-30(58-12-9-13-60(5,56)57)32(26)48(38)11-8-10-25-20-59-31-19-24(35(41)53)17-27-33(31)51(25)39(43-27)45-37(55)29-15-22(4)47-50(29)7-2/h14-19,25H,6-13,20H2,1-5H3,(H2,40,52)(H2,41,53)(H,42,44,54)(H,43,45,55)/t25-/m0/s1. The molecule has 21 heteroatoms. The largest absolute Gasteiger partial charge is 0.491 e. The number of hydrogen-bond donors (Lipinski definition) is 4. The van der Waals surface area contributed by atoms with Gasteiger partial charge in [-0.05, 0) is 83.4 Å². The summed E-state index contributed by atoms with van der Waals surface area (Å²) in [5, 5.41) is 14.7. The minimum Gasteiger partial charge on any atom is -0.491 e. The van der Waals surface area contributed by atoms with Crippen LogP contribution in [-0.2, 0) is 29.5 Å². The van der Waals surface area contributed by atoms with Crippen molar-refractivity contribution in [2.24, 2.45) is 11.5 Å². The van der Waals surface area contributed by atoms with E-state index >= 15 is 0 Å². The lowest BCUT2D eigenvalue weighted by Crippen LogP contribution is -2.26. The molecule has 1 aliphatic heterocycles. The number of nitrogens with two attached hydrogens (primary N) is 2. The summed E-state index contributed by atoms with van der Waals surface area (Å²) in [6.45, 7) is 8.67. The number of benzene rings is 2. The molecule has 6 aromatic rings. The first-order chi connectivity index (χ1) is 28.5. The van der Waals surface area contributed by atoms with Gasteiger partial charge in [0.25, 0.3) is 11.8 Å². The Morgan fingerprint density at radius 2 is 1.38 bits per heavy atom. The number of aromatic nitrogens is 8. The van der Waals surface area contributed by atoms with Crippen molar-refractivity contribution >= 4 is 67.4 Å². The molecule has 7 rings (SSSR count). The van der Waals surface area contributed by atoms with Gasteiger partial charge < -0.3 is 30.1 Å². The van der Waals surface area contributed by atoms with Crippen molar-refractivity contribution in [3.05, 3.63) is 70.3 Å². The Morgan fingerprint density at radius 3 is 1.97 bits per heavy atom. The summed E-state index contributed by atoms with van der Waals surface area (Å²) in [4.78, 5) is 61.6. The van der Waals surface area contributed by atoms with Crippen molar-refractivity contribution < 1.29 is 37.1 Å². The molecule has 5 heterocycles. The van der Waals surface area contributed by atoms with Gasteiger partial charge in [0, 0.05) is 37.0 Å². The number of carbonyl (C=O) groups is 4. The van der Waals surface area contributed by atoms with E-state index in [4.69, 9.17) is 30.9 Å². The van der Waals surface area contributed by atoms with Gasteiger partial charge in [-0.25, -0.2) is 18.4 Å². The van der Waals surface area contributed by atoms with E-state index in [9.17, 15) is 27.6 Å². The van der Waals surface area contributed by atoms with E-state index < -0.39 is 33.5 Å². The first-order valence-electron chi connectivity index (χ1n) is 19.4. The molecule has 0 unspecified atom stereocenters. The van der Waals surface area contributed by atoms with E-state index in [1.807, 2.05) is 18.4 Å². The monoisotopic (exact) mass is 842 g/mol. The molecule has 0 saturated heterocycles. The van der Waals surface area contributed by atoms with E-state index in [1.165, 1.54) is 12.1 Å². The quantitative estimate of drug-likeness (QED) is 0.0963. The van der Waals surface area contributed by atoms with Gasteiger partial charge in [-0.1, -0.05) is 0 Å². The number of carbonyl (C=O) groups excluding carboxylic acids is 4. The Labute approximate surface area is 344 Å². The summed E-state index contributed by atoms with van der Waals surface area (Å²) < 4.78 is 42.8. The number of hydrogen-bond acceptors (Lipinski definition) is 12. The maximum atomic E-state index is 13.8. The first-order valence-corrected chi connectivity index (χ1v) is 21.5. The zero-order valence-electron chi connectivity index (χ0n) is 33.8. The van der Waals surface area contributed by atoms with E-state index in [1.54, 1.807) is 52.0 Å². The van der Waals surface area contributed by atoms with Crippen LogP contribution in [0.25, 0.3) is 22.1 Å². The number of anilines is 2. The molecular formula is C39H46N12O8S. The number of nitrogens with zero attached hydrogens (tertiary/aromatic N) is 8. The number of rotatable bonds is 17. The van der Waals surface area contributed by atoms with E-state index in [2.05, 4.69) is 20.8 Å². The molecule has 60 heavy (non-hydrogen) atoms. The molecule has 2 aromatic carbocycles. The van der Waals surface area contributed by atoms with Crippen LogP contribution in [0.15, 0.2) is 36.4 Å². The minimum absolute atomic E-state index is 0.00620. The second-order valence-electron chi connectivity index (χ2n) is 14.6. The summed E-state index contributed by atoms with van der Waals surface area (Å²) >= 11 is 0. The highest BCUT2D eigenvalue weighted by Gasteiger charge is 2.30. The van der Waals surface area contributed by atoms with Crippen LogP contribution in [0, 0.1) is 13.8 Å². The van der Waals surface area contributed by atoms with E-state index in [0.717, 1.165) is 6.26 Å². The molecular weight excluding hydrogens is 797 g/mol. The maximum Gasteiger partial charge on any atom is 0.276 e. The Hall–Kier alpha value is -6.77. The molecule has 4 aromatic heterocycles. The summed E-state index contributed by atoms with van der Waals surface area (Å²) in [6, 6.07) is 9.06. The third kappa shape index (κ3) is 8.38. The molecule has 0 bridgehead atoms. The number of amides is 4. The van der Waals surface area contributed by atoms with E-state index in [0.29, 0.717) is 76.5 Å². The second kappa shape index (κ2) is 16.5. The Kier molecular flexibility index (Phi) is 11.4. The number of ether oxygens (including phenoxy) is 2. The molecule has 0 fully saturated rings. The summed E-state index contributed by atoms with van der Waals surface area (Å²) in [5.41, 5.74) is 15.4.